The molecule has 3 aromatic heterocycles. The van der Waals surface area contributed by atoms with Crippen molar-refractivity contribution in [2.75, 3.05) is 28.4 Å². The molecule has 0 aromatic carbocycles. The highest BCUT2D eigenvalue weighted by atomic mass is 32.2. The summed E-state index contributed by atoms with van der Waals surface area (Å²) in [6, 6.07) is 10.6. The first-order valence-corrected chi connectivity index (χ1v) is 15.1. The largest absolute Gasteiger partial charge is 0.479 e. The van der Waals surface area contributed by atoms with Gasteiger partial charge in [-0.2, -0.15) is 5.26 Å². The van der Waals surface area contributed by atoms with Gasteiger partial charge in [0.15, 0.2) is 20.6 Å². The Kier molecular flexibility index (Phi) is 6.26. The van der Waals surface area contributed by atoms with Gasteiger partial charge in [0.25, 0.3) is 5.88 Å². The van der Waals surface area contributed by atoms with Crippen molar-refractivity contribution in [2.24, 2.45) is 5.92 Å². The zero-order chi connectivity index (χ0) is 29.1. The number of amides is 1. The Labute approximate surface area is 237 Å². The van der Waals surface area contributed by atoms with Crippen molar-refractivity contribution < 1.29 is 22.7 Å². The van der Waals surface area contributed by atoms with Crippen LogP contribution in [0.2, 0.25) is 0 Å². The summed E-state index contributed by atoms with van der Waals surface area (Å²) in [7, 11) is -3.68. The van der Waals surface area contributed by atoms with Gasteiger partial charge in [0.1, 0.15) is 29.9 Å². The number of fused-ring (bicyclic) bond motifs is 2. The van der Waals surface area contributed by atoms with E-state index in [-0.39, 0.29) is 34.7 Å². The van der Waals surface area contributed by atoms with Gasteiger partial charge in [-0.1, -0.05) is 0 Å². The molecular weight excluding hydrogens is 546 g/mol. The molecule has 1 aliphatic carbocycles. The highest BCUT2D eigenvalue weighted by Crippen LogP contribution is 2.50. The number of aromatic nitrogens is 3. The predicted octanol–water partition coefficient (Wildman–Crippen LogP) is 3.68. The smallest absolute Gasteiger partial charge is 0.257 e. The molecule has 2 fully saturated rings. The molecule has 13 heteroatoms. The molecule has 212 valence electrons. The Morgan fingerprint density at radius 1 is 1.17 bits per heavy atom. The first kappa shape index (κ1) is 26.8. The van der Waals surface area contributed by atoms with Gasteiger partial charge < -0.3 is 25.0 Å². The second-order valence-electron chi connectivity index (χ2n) is 11.2. The van der Waals surface area contributed by atoms with Crippen molar-refractivity contribution in [3.8, 4) is 29.0 Å². The third kappa shape index (κ3) is 5.35. The van der Waals surface area contributed by atoms with E-state index in [1.807, 2.05) is 18.7 Å². The first-order chi connectivity index (χ1) is 19.4. The normalized spacial score (nSPS) is 21.9. The number of hydrogen-bond donors (Lipinski definition) is 2. The Morgan fingerprint density at radius 3 is 2.71 bits per heavy atom. The Hall–Kier alpha value is -4.44. The van der Waals surface area contributed by atoms with Crippen molar-refractivity contribution in [1.82, 2.24) is 15.0 Å². The van der Waals surface area contributed by atoms with Crippen LogP contribution in [-0.2, 0) is 14.6 Å². The van der Waals surface area contributed by atoms with Crippen LogP contribution in [0, 0.1) is 17.2 Å². The number of nitrogens with one attached hydrogen (secondary N) is 2. The highest BCUT2D eigenvalue weighted by molar-refractivity contribution is 7.90. The molecule has 2 unspecified atom stereocenters. The number of ether oxygens (including phenoxy) is 2. The third-order valence-corrected chi connectivity index (χ3v) is 8.20. The zero-order valence-electron chi connectivity index (χ0n) is 23.0. The summed E-state index contributed by atoms with van der Waals surface area (Å²) in [6.45, 7) is 5.55. The molecule has 3 aromatic rings. The lowest BCUT2D eigenvalue weighted by Gasteiger charge is -2.31. The number of rotatable bonds is 6. The summed E-state index contributed by atoms with van der Waals surface area (Å²) in [5.74, 6) is 1.53. The Balaban J connectivity index is 1.43. The zero-order valence-corrected chi connectivity index (χ0v) is 23.8. The fourth-order valence-electron chi connectivity index (χ4n) is 5.32. The van der Waals surface area contributed by atoms with Crippen molar-refractivity contribution in [1.29, 1.82) is 5.26 Å². The molecule has 1 amide bonds. The van der Waals surface area contributed by atoms with Crippen molar-refractivity contribution in [3.05, 3.63) is 36.5 Å². The maximum absolute atomic E-state index is 12.6. The van der Waals surface area contributed by atoms with Gasteiger partial charge in [-0.25, -0.2) is 23.4 Å². The molecule has 1 saturated heterocycles. The second kappa shape index (κ2) is 9.59. The topological polar surface area (TPSA) is 159 Å². The molecule has 3 aliphatic rings. The molecule has 0 bridgehead atoms. The molecule has 5 heterocycles. The fourth-order valence-corrected chi connectivity index (χ4v) is 5.91. The van der Waals surface area contributed by atoms with Gasteiger partial charge in [-0.05, 0) is 50.8 Å². The lowest BCUT2D eigenvalue weighted by atomic mass is 10.1. The van der Waals surface area contributed by atoms with Gasteiger partial charge in [0, 0.05) is 48.8 Å². The standard InChI is InChI=1S/C28H29N7O5S/c1-15(36)31-24-11-21(19(13-30-24)20-5-6-23-27(33-20)39-14-28(2,3)40-23)32-25-9-17(10-26(34-25)41(4,37)38)35-18(12-29)7-16-8-22(16)35/h5-6,9-11,13,16,18,22H,7-8,14H2,1-4H3,(H2,30,31,32,34,36)/t16?,18-,22?/m0/s1. The number of carbonyl (C=O) groups is 1. The number of nitrogens with zero attached hydrogens (tertiary/aromatic N) is 5. The van der Waals surface area contributed by atoms with Gasteiger partial charge in [0.2, 0.25) is 5.91 Å². The van der Waals surface area contributed by atoms with Crippen LogP contribution >= 0.6 is 0 Å². The predicted molar refractivity (Wildman–Crippen MR) is 151 cm³/mol. The van der Waals surface area contributed by atoms with Crippen LogP contribution in [0.1, 0.15) is 33.6 Å². The van der Waals surface area contributed by atoms with Crippen LogP contribution < -0.4 is 25.0 Å². The summed E-state index contributed by atoms with van der Waals surface area (Å²) in [4.78, 5) is 27.2. The van der Waals surface area contributed by atoms with Crippen LogP contribution in [0.3, 0.4) is 0 Å². The van der Waals surface area contributed by atoms with E-state index in [9.17, 15) is 18.5 Å². The van der Waals surface area contributed by atoms with E-state index < -0.39 is 15.4 Å². The Bertz CT molecular complexity index is 1720. The minimum Gasteiger partial charge on any atom is -0.479 e. The maximum Gasteiger partial charge on any atom is 0.257 e. The van der Waals surface area contributed by atoms with E-state index in [1.54, 1.807) is 30.5 Å². The number of hydrogen-bond acceptors (Lipinski definition) is 11. The number of anilines is 4. The average Bonchev–Trinajstić information content (AvgIpc) is 3.56. The maximum atomic E-state index is 12.6. The van der Waals surface area contributed by atoms with E-state index in [1.165, 1.54) is 13.0 Å². The van der Waals surface area contributed by atoms with E-state index in [2.05, 4.69) is 31.7 Å². The van der Waals surface area contributed by atoms with Crippen LogP contribution in [0.25, 0.3) is 11.3 Å². The lowest BCUT2D eigenvalue weighted by molar-refractivity contribution is -0.114. The number of piperidine rings is 1. The van der Waals surface area contributed by atoms with E-state index in [0.717, 1.165) is 19.1 Å². The summed E-state index contributed by atoms with van der Waals surface area (Å²) >= 11 is 0. The van der Waals surface area contributed by atoms with E-state index >= 15 is 0 Å². The molecule has 0 spiro atoms. The molecule has 12 nitrogen and oxygen atoms in total. The lowest BCUT2D eigenvalue weighted by Crippen LogP contribution is -2.39. The molecular formula is C28H29N7O5S. The van der Waals surface area contributed by atoms with Crippen LogP contribution in [0.5, 0.6) is 11.6 Å². The number of carbonyl (C=O) groups excluding carboxylic acids is 1. The molecule has 3 atom stereocenters. The van der Waals surface area contributed by atoms with E-state index in [0.29, 0.717) is 46.8 Å². The van der Waals surface area contributed by atoms with Crippen molar-refractivity contribution >= 4 is 38.8 Å². The van der Waals surface area contributed by atoms with Gasteiger partial charge in [-0.15, -0.1) is 0 Å². The van der Waals surface area contributed by atoms with Gasteiger partial charge in [0.05, 0.1) is 17.5 Å². The second-order valence-corrected chi connectivity index (χ2v) is 13.2. The monoisotopic (exact) mass is 575 g/mol. The SMILES string of the molecule is CC(=O)Nc1cc(Nc2cc(N3C4CC4C[C@H]3C#N)cc(S(C)(=O)=O)n2)c(-c2ccc3c(n2)OCC(C)(C)O3)cn1. The summed E-state index contributed by atoms with van der Waals surface area (Å²) in [5, 5.41) is 15.5. The molecule has 2 N–H and O–H groups in total. The fraction of sp³-hybridized carbons (Fsp3) is 0.393. The van der Waals surface area contributed by atoms with E-state index in [4.69, 9.17) is 9.47 Å². The van der Waals surface area contributed by atoms with Crippen LogP contribution in [0.4, 0.5) is 23.0 Å². The minimum absolute atomic E-state index is 0.115. The molecule has 2 aliphatic heterocycles. The van der Waals surface area contributed by atoms with Gasteiger partial charge >= 0.3 is 0 Å². The first-order valence-electron chi connectivity index (χ1n) is 13.2. The van der Waals surface area contributed by atoms with Crippen LogP contribution in [0.15, 0.2) is 41.6 Å². The average molecular weight is 576 g/mol. The number of nitriles is 1. The quantitative estimate of drug-likeness (QED) is 0.441. The highest BCUT2D eigenvalue weighted by Gasteiger charge is 2.52. The van der Waals surface area contributed by atoms with Gasteiger partial charge in [-0.3, -0.25) is 4.79 Å². The number of pyridine rings is 3. The summed E-state index contributed by atoms with van der Waals surface area (Å²) in [6.07, 6.45) is 4.38. The molecule has 41 heavy (non-hydrogen) atoms. The molecule has 0 radical (unpaired) electrons. The van der Waals surface area contributed by atoms with Crippen LogP contribution in [-0.4, -0.2) is 59.8 Å². The Morgan fingerprint density at radius 2 is 1.98 bits per heavy atom. The molecule has 1 saturated carbocycles. The third-order valence-electron chi connectivity index (χ3n) is 7.23. The summed E-state index contributed by atoms with van der Waals surface area (Å²) < 4.78 is 37.1. The summed E-state index contributed by atoms with van der Waals surface area (Å²) in [5.41, 5.74) is 1.67. The minimum atomic E-state index is -3.68. The van der Waals surface area contributed by atoms with Crippen molar-refractivity contribution in [3.63, 3.8) is 0 Å². The number of sulfone groups is 1. The van der Waals surface area contributed by atoms with Crippen molar-refractivity contribution in [2.45, 2.75) is 56.3 Å². The molecule has 6 rings (SSSR count).